The van der Waals surface area contributed by atoms with Gasteiger partial charge in [0.1, 0.15) is 5.69 Å². The van der Waals surface area contributed by atoms with Crippen molar-refractivity contribution in [3.05, 3.63) is 59.2 Å². The molecule has 19 heavy (non-hydrogen) atoms. The van der Waals surface area contributed by atoms with Crippen LogP contribution in [-0.4, -0.2) is 16.1 Å². The Balaban J connectivity index is 2.35. The minimum Gasteiger partial charge on any atom is -0.477 e. The smallest absolute Gasteiger partial charge is 0.352 e. The maximum atomic E-state index is 11.3. The Hall–Kier alpha value is -2.26. The van der Waals surface area contributed by atoms with Crippen LogP contribution in [0, 0.1) is 0 Å². The van der Waals surface area contributed by atoms with E-state index in [4.69, 9.17) is 11.6 Å². The lowest BCUT2D eigenvalue weighted by atomic mass is 10.1. The molecule has 0 unspecified atom stereocenters. The molecule has 0 bridgehead atoms. The molecular formula is C15H10ClNO2. The summed E-state index contributed by atoms with van der Waals surface area (Å²) in [5.41, 5.74) is 1.91. The molecule has 0 aliphatic rings. The van der Waals surface area contributed by atoms with E-state index in [-0.39, 0.29) is 5.69 Å². The average molecular weight is 272 g/mol. The number of carbonyl (C=O) groups is 1. The topological polar surface area (TPSA) is 53.1 Å². The summed E-state index contributed by atoms with van der Waals surface area (Å²) in [5.74, 6) is -0.991. The zero-order valence-corrected chi connectivity index (χ0v) is 10.6. The summed E-state index contributed by atoms with van der Waals surface area (Å²) in [6, 6.07) is 14.9. The van der Waals surface area contributed by atoms with Crippen molar-refractivity contribution in [3.8, 4) is 11.3 Å². The summed E-state index contributed by atoms with van der Waals surface area (Å²) in [5, 5.41) is 11.3. The van der Waals surface area contributed by atoms with Crippen molar-refractivity contribution in [2.45, 2.75) is 0 Å². The van der Waals surface area contributed by atoms with Crippen molar-refractivity contribution in [2.75, 3.05) is 0 Å². The molecule has 1 aromatic heterocycles. The molecule has 1 heterocycles. The fraction of sp³-hybridized carbons (Fsp3) is 0. The van der Waals surface area contributed by atoms with Crippen molar-refractivity contribution in [1.82, 2.24) is 4.98 Å². The van der Waals surface area contributed by atoms with Gasteiger partial charge in [-0.25, -0.2) is 4.79 Å². The number of hydrogen-bond donors (Lipinski definition) is 2. The third-order valence-corrected chi connectivity index (χ3v) is 3.28. The first-order valence-corrected chi connectivity index (χ1v) is 6.14. The number of carboxylic acid groups (broad SMARTS) is 1. The van der Waals surface area contributed by atoms with Crippen LogP contribution in [0.5, 0.6) is 0 Å². The maximum absolute atomic E-state index is 11.3. The Bertz CT molecular complexity index is 762. The second kappa shape index (κ2) is 4.44. The van der Waals surface area contributed by atoms with Crippen molar-refractivity contribution in [3.63, 3.8) is 0 Å². The third-order valence-electron chi connectivity index (χ3n) is 3.05. The van der Waals surface area contributed by atoms with Crippen LogP contribution in [0.15, 0.2) is 48.5 Å². The Morgan fingerprint density at radius 1 is 1.05 bits per heavy atom. The molecule has 0 radical (unpaired) electrons. The number of hydrogen-bond acceptors (Lipinski definition) is 1. The quantitative estimate of drug-likeness (QED) is 0.734. The van der Waals surface area contributed by atoms with Gasteiger partial charge in [-0.2, -0.15) is 0 Å². The number of aromatic carboxylic acids is 1. The molecule has 0 aliphatic heterocycles. The minimum absolute atomic E-state index is 0.163. The molecule has 3 aromatic rings. The van der Waals surface area contributed by atoms with Crippen LogP contribution in [-0.2, 0) is 0 Å². The first-order chi connectivity index (χ1) is 9.16. The number of nitrogens with one attached hydrogen (secondary N) is 1. The first kappa shape index (κ1) is 11.8. The Kier molecular flexibility index (Phi) is 2.76. The SMILES string of the molecule is O=C(O)c1[nH]c(-c2ccccc2)c2ccc(Cl)cc12. The number of H-pyrrole nitrogens is 1. The highest BCUT2D eigenvalue weighted by Gasteiger charge is 2.16. The Morgan fingerprint density at radius 2 is 1.79 bits per heavy atom. The summed E-state index contributed by atoms with van der Waals surface area (Å²) < 4.78 is 0. The van der Waals surface area contributed by atoms with Crippen molar-refractivity contribution in [2.24, 2.45) is 0 Å². The van der Waals surface area contributed by atoms with Crippen LogP contribution >= 0.6 is 11.6 Å². The van der Waals surface area contributed by atoms with E-state index in [1.165, 1.54) is 0 Å². The highest BCUT2D eigenvalue weighted by molar-refractivity contribution is 6.31. The van der Waals surface area contributed by atoms with E-state index in [1.54, 1.807) is 12.1 Å². The molecule has 0 amide bonds. The van der Waals surface area contributed by atoms with Crippen molar-refractivity contribution < 1.29 is 9.90 Å². The highest BCUT2D eigenvalue weighted by atomic mass is 35.5. The summed E-state index contributed by atoms with van der Waals surface area (Å²) in [4.78, 5) is 14.3. The van der Waals surface area contributed by atoms with Gasteiger partial charge in [0.2, 0.25) is 0 Å². The molecule has 0 saturated carbocycles. The van der Waals surface area contributed by atoms with E-state index in [0.717, 1.165) is 16.6 Å². The third kappa shape index (κ3) is 1.98. The normalized spacial score (nSPS) is 10.8. The summed E-state index contributed by atoms with van der Waals surface area (Å²) in [7, 11) is 0. The average Bonchev–Trinajstić information content (AvgIpc) is 2.78. The van der Waals surface area contributed by atoms with Crippen LogP contribution in [0.4, 0.5) is 0 Å². The van der Waals surface area contributed by atoms with Crippen LogP contribution in [0.2, 0.25) is 5.02 Å². The number of carboxylic acids is 1. The number of aromatic nitrogens is 1. The monoisotopic (exact) mass is 271 g/mol. The largest absolute Gasteiger partial charge is 0.477 e. The first-order valence-electron chi connectivity index (χ1n) is 5.77. The van der Waals surface area contributed by atoms with Crippen LogP contribution in [0.1, 0.15) is 10.5 Å². The van der Waals surface area contributed by atoms with Crippen LogP contribution in [0.25, 0.3) is 22.0 Å². The molecule has 3 rings (SSSR count). The molecule has 94 valence electrons. The van der Waals surface area contributed by atoms with Gasteiger partial charge in [-0.1, -0.05) is 48.0 Å². The van der Waals surface area contributed by atoms with Gasteiger partial charge in [-0.15, -0.1) is 0 Å². The number of halogens is 1. The summed E-state index contributed by atoms with van der Waals surface area (Å²) >= 11 is 5.94. The molecule has 0 atom stereocenters. The van der Waals surface area contributed by atoms with E-state index in [2.05, 4.69) is 4.98 Å². The fourth-order valence-electron chi connectivity index (χ4n) is 2.20. The van der Waals surface area contributed by atoms with Gasteiger partial charge in [0.25, 0.3) is 0 Å². The predicted octanol–water partition coefficient (Wildman–Crippen LogP) is 4.19. The second-order valence-electron chi connectivity index (χ2n) is 4.24. The molecule has 0 saturated heterocycles. The Morgan fingerprint density at radius 3 is 2.47 bits per heavy atom. The van der Waals surface area contributed by atoms with Gasteiger partial charge in [0.05, 0.1) is 5.69 Å². The molecule has 4 heteroatoms. The predicted molar refractivity (Wildman–Crippen MR) is 75.7 cm³/mol. The fourth-order valence-corrected chi connectivity index (χ4v) is 2.37. The number of rotatable bonds is 2. The van der Waals surface area contributed by atoms with Gasteiger partial charge in [-0.3, -0.25) is 0 Å². The standard InChI is InChI=1S/C15H10ClNO2/c16-10-6-7-11-12(8-10)14(15(18)19)17-13(11)9-4-2-1-3-5-9/h1-8,17H,(H,18,19). The van der Waals surface area contributed by atoms with Gasteiger partial charge < -0.3 is 10.1 Å². The second-order valence-corrected chi connectivity index (χ2v) is 4.67. The lowest BCUT2D eigenvalue weighted by Crippen LogP contribution is -1.96. The van der Waals surface area contributed by atoms with Crippen molar-refractivity contribution in [1.29, 1.82) is 0 Å². The van der Waals surface area contributed by atoms with Crippen LogP contribution < -0.4 is 0 Å². The van der Waals surface area contributed by atoms with Crippen LogP contribution in [0.3, 0.4) is 0 Å². The Labute approximate surface area is 114 Å². The maximum Gasteiger partial charge on any atom is 0.352 e. The minimum atomic E-state index is -0.991. The summed E-state index contributed by atoms with van der Waals surface area (Å²) in [6.07, 6.45) is 0. The van der Waals surface area contributed by atoms with Crippen molar-refractivity contribution >= 4 is 28.3 Å². The molecule has 0 aliphatic carbocycles. The van der Waals surface area contributed by atoms with E-state index in [1.807, 2.05) is 36.4 Å². The number of aromatic amines is 1. The zero-order valence-electron chi connectivity index (χ0n) is 9.85. The van der Waals surface area contributed by atoms with Gasteiger partial charge >= 0.3 is 5.97 Å². The number of fused-ring (bicyclic) bond motifs is 1. The van der Waals surface area contributed by atoms with E-state index in [9.17, 15) is 9.90 Å². The molecule has 0 fully saturated rings. The molecule has 2 N–H and O–H groups in total. The number of benzene rings is 2. The van der Waals surface area contributed by atoms with E-state index in [0.29, 0.717) is 10.4 Å². The summed E-state index contributed by atoms with van der Waals surface area (Å²) in [6.45, 7) is 0. The zero-order chi connectivity index (χ0) is 13.4. The van der Waals surface area contributed by atoms with Gasteiger partial charge in [0.15, 0.2) is 0 Å². The van der Waals surface area contributed by atoms with E-state index >= 15 is 0 Å². The van der Waals surface area contributed by atoms with E-state index < -0.39 is 5.97 Å². The van der Waals surface area contributed by atoms with Gasteiger partial charge in [0, 0.05) is 15.8 Å². The lowest BCUT2D eigenvalue weighted by molar-refractivity contribution is 0.0693. The van der Waals surface area contributed by atoms with Gasteiger partial charge in [-0.05, 0) is 17.7 Å². The molecular weight excluding hydrogens is 262 g/mol. The molecule has 3 nitrogen and oxygen atoms in total. The lowest BCUT2D eigenvalue weighted by Gasteiger charge is -1.99. The molecule has 0 spiro atoms. The highest BCUT2D eigenvalue weighted by Crippen LogP contribution is 2.32. The molecule has 2 aromatic carbocycles.